The molecular weight excluding hydrogens is 556 g/mol. The predicted octanol–water partition coefficient (Wildman–Crippen LogP) is 4.31. The number of halogens is 4. The standard InChI is InChI=1S/C29H30FN2O3.C2HF3O2/c30-24-13-7-8-14-25(24)31-28(23-11-5-2-6-12-23)29(34)35-27-20-32(17-15-22(27)16-18-32)19-26(33)21-9-3-1-4-10-21;3-2(4,5)1(6)7/h1-14,22,27-28,31H,15-20H2;(H,6,7)/q+1;/p-1/t22?,27-,28?,32?;/m0./s1. The van der Waals surface area contributed by atoms with Crippen LogP contribution >= 0.6 is 0 Å². The quantitative estimate of drug-likeness (QED) is 0.183. The van der Waals surface area contributed by atoms with Crippen LogP contribution in [0.15, 0.2) is 84.9 Å². The number of benzene rings is 3. The van der Waals surface area contributed by atoms with Gasteiger partial charge in [-0.3, -0.25) is 4.79 Å². The van der Waals surface area contributed by atoms with Crippen LogP contribution in [0.1, 0.15) is 34.8 Å². The van der Waals surface area contributed by atoms with Crippen LogP contribution in [-0.4, -0.2) is 60.7 Å². The van der Waals surface area contributed by atoms with Gasteiger partial charge in [-0.1, -0.05) is 72.8 Å². The number of hydrogen-bond acceptors (Lipinski definition) is 6. The van der Waals surface area contributed by atoms with Crippen LogP contribution in [0.2, 0.25) is 0 Å². The second-order valence-electron chi connectivity index (χ2n) is 10.5. The number of esters is 1. The van der Waals surface area contributed by atoms with Gasteiger partial charge < -0.3 is 24.4 Å². The fourth-order valence-corrected chi connectivity index (χ4v) is 5.47. The minimum Gasteiger partial charge on any atom is -0.542 e. The van der Waals surface area contributed by atoms with Gasteiger partial charge in [0.15, 0.2) is 12.1 Å². The van der Waals surface area contributed by atoms with E-state index in [2.05, 4.69) is 5.32 Å². The van der Waals surface area contributed by atoms with E-state index >= 15 is 0 Å². The number of anilines is 1. The van der Waals surface area contributed by atoms with Crippen molar-refractivity contribution in [2.24, 2.45) is 5.92 Å². The molecule has 6 rings (SSSR count). The molecule has 1 N–H and O–H groups in total. The molecule has 3 aromatic carbocycles. The lowest BCUT2D eigenvalue weighted by molar-refractivity contribution is -0.938. The van der Waals surface area contributed by atoms with Crippen LogP contribution in [-0.2, 0) is 14.3 Å². The fraction of sp³-hybridized carbons (Fsp3) is 0.323. The molecule has 0 aliphatic carbocycles. The average Bonchev–Trinajstić information content (AvgIpc) is 2.98. The first-order valence-corrected chi connectivity index (χ1v) is 13.5. The molecule has 42 heavy (non-hydrogen) atoms. The number of hydrogen-bond donors (Lipinski definition) is 1. The van der Waals surface area contributed by atoms with Crippen molar-refractivity contribution in [1.82, 2.24) is 0 Å². The van der Waals surface area contributed by atoms with Crippen molar-refractivity contribution in [3.8, 4) is 0 Å². The third-order valence-electron chi connectivity index (χ3n) is 7.66. The molecule has 2 bridgehead atoms. The normalized spacial score (nSPS) is 21.8. The first-order valence-electron chi connectivity index (χ1n) is 13.5. The molecule has 2 atom stereocenters. The van der Waals surface area contributed by atoms with Crippen molar-refractivity contribution in [3.63, 3.8) is 0 Å². The van der Waals surface area contributed by atoms with Gasteiger partial charge in [-0.15, -0.1) is 0 Å². The van der Waals surface area contributed by atoms with Crippen LogP contribution in [0.4, 0.5) is 23.2 Å². The number of carboxylic acids is 1. The maximum absolute atomic E-state index is 14.4. The Balaban J connectivity index is 0.000000517. The molecule has 3 saturated heterocycles. The number of fused-ring (bicyclic) bond motifs is 3. The molecule has 0 saturated carbocycles. The van der Waals surface area contributed by atoms with Crippen molar-refractivity contribution < 1.29 is 46.3 Å². The first kappa shape index (κ1) is 30.7. The summed E-state index contributed by atoms with van der Waals surface area (Å²) in [6, 6.07) is 24.1. The summed E-state index contributed by atoms with van der Waals surface area (Å²) in [7, 11) is 0. The van der Waals surface area contributed by atoms with Crippen molar-refractivity contribution in [2.45, 2.75) is 31.2 Å². The highest BCUT2D eigenvalue weighted by molar-refractivity contribution is 5.97. The van der Waals surface area contributed by atoms with E-state index in [1.165, 1.54) is 6.07 Å². The van der Waals surface area contributed by atoms with Crippen molar-refractivity contribution in [2.75, 3.05) is 31.5 Å². The number of carbonyl (C=O) groups excluding carboxylic acids is 3. The number of rotatable bonds is 8. The number of carboxylic acid groups (broad SMARTS) is 1. The smallest absolute Gasteiger partial charge is 0.430 e. The molecule has 11 heteroatoms. The van der Waals surface area contributed by atoms with E-state index in [1.54, 1.807) is 18.2 Å². The van der Waals surface area contributed by atoms with Crippen molar-refractivity contribution >= 4 is 23.4 Å². The second kappa shape index (κ2) is 13.2. The Morgan fingerprint density at radius 3 is 2.02 bits per heavy atom. The van der Waals surface area contributed by atoms with Crippen LogP contribution in [0, 0.1) is 11.7 Å². The monoisotopic (exact) mass is 586 g/mol. The first-order chi connectivity index (χ1) is 20.0. The minimum atomic E-state index is -5.19. The molecule has 3 heterocycles. The molecular formula is C31H30F4N2O5. The summed E-state index contributed by atoms with van der Waals surface area (Å²) in [6.45, 7) is 2.90. The van der Waals surface area contributed by atoms with E-state index in [1.807, 2.05) is 60.7 Å². The number of nitrogens with one attached hydrogen (secondary N) is 1. The minimum absolute atomic E-state index is 0.124. The molecule has 0 spiro atoms. The number of ether oxygens (including phenoxy) is 1. The maximum atomic E-state index is 14.4. The predicted molar refractivity (Wildman–Crippen MR) is 143 cm³/mol. The Morgan fingerprint density at radius 1 is 0.905 bits per heavy atom. The zero-order chi connectivity index (χ0) is 30.3. The molecule has 0 amide bonds. The van der Waals surface area contributed by atoms with Gasteiger partial charge in [0.2, 0.25) is 5.78 Å². The van der Waals surface area contributed by atoms with E-state index in [9.17, 15) is 27.2 Å². The largest absolute Gasteiger partial charge is 0.542 e. The van der Waals surface area contributed by atoms with Crippen molar-refractivity contribution in [3.05, 3.63) is 102 Å². The molecule has 3 aliphatic heterocycles. The highest BCUT2D eigenvalue weighted by Crippen LogP contribution is 2.37. The number of ketones is 1. The van der Waals surface area contributed by atoms with Gasteiger partial charge in [0.05, 0.1) is 18.8 Å². The molecule has 3 aliphatic rings. The zero-order valence-corrected chi connectivity index (χ0v) is 22.6. The van der Waals surface area contributed by atoms with Crippen LogP contribution in [0.25, 0.3) is 0 Å². The maximum Gasteiger partial charge on any atom is 0.430 e. The molecule has 3 fully saturated rings. The summed E-state index contributed by atoms with van der Waals surface area (Å²) < 4.78 is 52.7. The Hall–Kier alpha value is -4.25. The summed E-state index contributed by atoms with van der Waals surface area (Å²) in [5.74, 6) is -3.44. The summed E-state index contributed by atoms with van der Waals surface area (Å²) in [4.78, 5) is 35.2. The number of piperidine rings is 3. The average molecular weight is 587 g/mol. The van der Waals surface area contributed by atoms with Gasteiger partial charge in [-0.25, -0.2) is 9.18 Å². The van der Waals surface area contributed by atoms with Gasteiger partial charge >= 0.3 is 12.1 Å². The lowest BCUT2D eigenvalue weighted by atomic mass is 9.82. The van der Waals surface area contributed by atoms with E-state index in [-0.39, 0.29) is 23.5 Å². The molecule has 0 radical (unpaired) electrons. The van der Waals surface area contributed by atoms with Gasteiger partial charge in [0.25, 0.3) is 0 Å². The summed E-state index contributed by atoms with van der Waals surface area (Å²) in [5.41, 5.74) is 1.69. The Morgan fingerprint density at radius 2 is 1.45 bits per heavy atom. The molecule has 0 aromatic heterocycles. The van der Waals surface area contributed by atoms with E-state index in [4.69, 9.17) is 14.6 Å². The third-order valence-corrected chi connectivity index (χ3v) is 7.66. The third kappa shape index (κ3) is 7.73. The van der Waals surface area contributed by atoms with Gasteiger partial charge in [-0.05, 0) is 17.7 Å². The lowest BCUT2D eigenvalue weighted by Crippen LogP contribution is -2.65. The van der Waals surface area contributed by atoms with E-state index < -0.39 is 30.0 Å². The number of alkyl halides is 3. The number of quaternary nitrogens is 1. The molecule has 222 valence electrons. The molecule has 1 unspecified atom stereocenters. The Bertz CT molecular complexity index is 1380. The topological polar surface area (TPSA) is 95.5 Å². The highest BCUT2D eigenvalue weighted by Gasteiger charge is 2.49. The second-order valence-corrected chi connectivity index (χ2v) is 10.5. The van der Waals surface area contributed by atoms with E-state index in [0.717, 1.165) is 31.5 Å². The summed E-state index contributed by atoms with van der Waals surface area (Å²) >= 11 is 0. The zero-order valence-electron chi connectivity index (χ0n) is 22.6. The van der Waals surface area contributed by atoms with Gasteiger partial charge in [0.1, 0.15) is 24.9 Å². The number of nitrogens with zero attached hydrogens (tertiary/aromatic N) is 1. The molecule has 3 aromatic rings. The van der Waals surface area contributed by atoms with Crippen LogP contribution in [0.3, 0.4) is 0 Å². The van der Waals surface area contributed by atoms with Gasteiger partial charge in [0, 0.05) is 24.3 Å². The Kier molecular flexibility index (Phi) is 9.62. The number of carbonyl (C=O) groups is 3. The lowest BCUT2D eigenvalue weighted by Gasteiger charge is -2.51. The van der Waals surface area contributed by atoms with Crippen molar-refractivity contribution in [1.29, 1.82) is 0 Å². The number of Topliss-reactive ketones (excluding diaryl/α,β-unsaturated/α-hetero) is 1. The summed E-state index contributed by atoms with van der Waals surface area (Å²) in [6.07, 6.45) is -3.60. The fourth-order valence-electron chi connectivity index (χ4n) is 5.47. The highest BCUT2D eigenvalue weighted by atomic mass is 19.4. The van der Waals surface area contributed by atoms with E-state index in [0.29, 0.717) is 23.1 Å². The number of para-hydroxylation sites is 1. The Labute approximate surface area is 240 Å². The SMILES string of the molecule is O=C(C[N+]12CCC(CC1)[C@@H](OC(=O)C(Nc1ccccc1F)c1ccccc1)C2)c1ccccc1.O=C([O-])C(F)(F)F. The van der Waals surface area contributed by atoms with Gasteiger partial charge in [-0.2, -0.15) is 13.2 Å². The van der Waals surface area contributed by atoms with Crippen LogP contribution < -0.4 is 10.4 Å². The van der Waals surface area contributed by atoms with Crippen LogP contribution in [0.5, 0.6) is 0 Å². The number of aliphatic carboxylic acids is 1. The summed E-state index contributed by atoms with van der Waals surface area (Å²) in [5, 5.41) is 11.8. The molecule has 7 nitrogen and oxygen atoms in total.